The first-order chi connectivity index (χ1) is 14.1. The van der Waals surface area contributed by atoms with Gasteiger partial charge < -0.3 is 0 Å². The number of hydrogen-bond donors (Lipinski definition) is 3. The number of nitrogens with one attached hydrogen (secondary N) is 2. The molecule has 0 atom stereocenters. The topological polar surface area (TPSA) is 137 Å². The van der Waals surface area contributed by atoms with Gasteiger partial charge in [0.15, 0.2) is 5.36 Å². The number of aryl methyl sites for hydroxylation is 2. The molecule has 0 unspecified atom stereocenters. The molecule has 0 amide bonds. The summed E-state index contributed by atoms with van der Waals surface area (Å²) in [6, 6.07) is 13.2. The predicted octanol–water partition coefficient (Wildman–Crippen LogP) is 0.621. The van der Waals surface area contributed by atoms with Crippen molar-refractivity contribution in [2.75, 3.05) is 10.9 Å². The van der Waals surface area contributed by atoms with Gasteiger partial charge in [-0.3, -0.25) is 25.0 Å². The fourth-order valence-corrected chi connectivity index (χ4v) is 3.10. The van der Waals surface area contributed by atoms with E-state index in [9.17, 15) is 18.0 Å². The Bertz CT molecular complexity index is 1430. The Labute approximate surface area is 199 Å². The third-order valence-electron chi connectivity index (χ3n) is 4.20. The van der Waals surface area contributed by atoms with Crippen LogP contribution in [-0.2, 0) is 10.1 Å². The molecule has 0 saturated heterocycles. The predicted molar refractivity (Wildman–Crippen MR) is 118 cm³/mol. The maximum atomic E-state index is 12.6. The Morgan fingerprint density at radius 1 is 0.871 bits per heavy atom. The van der Waals surface area contributed by atoms with Gasteiger partial charge in [-0.05, 0) is 61.9 Å². The standard InChI is InChI=1S/C20H18N4O5S.Na/c1-12-3-8-16(13(2)11-12)22-24-19-18(25)10-9-17(20(19)26)23-21-14-4-6-15(7-5-14)30(27,28)29;/h3-11,21-22H,1-2H3,(H,27,28,29);/b23-17+,24-19+;. The molecule has 3 aromatic carbocycles. The van der Waals surface area contributed by atoms with Gasteiger partial charge >= 0.3 is 0 Å². The molecule has 3 aromatic rings. The largest absolute Gasteiger partial charge is 0.294 e. The summed E-state index contributed by atoms with van der Waals surface area (Å²) in [6.45, 7) is 3.83. The monoisotopic (exact) mass is 449 g/mol. The van der Waals surface area contributed by atoms with Gasteiger partial charge in [0, 0.05) is 29.6 Å². The van der Waals surface area contributed by atoms with Gasteiger partial charge in [0.1, 0.15) is 5.36 Å². The van der Waals surface area contributed by atoms with Crippen molar-refractivity contribution in [3.8, 4) is 0 Å². The number of anilines is 2. The molecule has 3 rings (SSSR count). The minimum Gasteiger partial charge on any atom is -0.287 e. The molecule has 0 fully saturated rings. The fraction of sp³-hybridized carbons (Fsp3) is 0.100. The normalized spacial score (nSPS) is 12.4. The molecule has 0 aromatic heterocycles. The summed E-state index contributed by atoms with van der Waals surface area (Å²) in [5.74, 6) is 0. The maximum absolute atomic E-state index is 12.6. The third-order valence-corrected chi connectivity index (χ3v) is 5.07. The van der Waals surface area contributed by atoms with Crippen LogP contribution in [0, 0.1) is 13.8 Å². The molecule has 0 aliphatic heterocycles. The quantitative estimate of drug-likeness (QED) is 0.295. The summed E-state index contributed by atoms with van der Waals surface area (Å²) in [4.78, 5) is 24.4. The minimum atomic E-state index is -4.30. The molecule has 0 bridgehead atoms. The minimum absolute atomic E-state index is 0. The summed E-state index contributed by atoms with van der Waals surface area (Å²) in [6.07, 6.45) is 0. The van der Waals surface area contributed by atoms with Crippen LogP contribution in [0.15, 0.2) is 79.3 Å². The molecule has 0 aliphatic rings. The summed E-state index contributed by atoms with van der Waals surface area (Å²) in [5.41, 5.74) is 7.15. The Balaban J connectivity index is 0.00000341. The average Bonchev–Trinajstić information content (AvgIpc) is 2.68. The van der Waals surface area contributed by atoms with Crippen molar-refractivity contribution in [3.63, 3.8) is 0 Å². The molecule has 31 heavy (non-hydrogen) atoms. The van der Waals surface area contributed by atoms with Crippen LogP contribution in [0.5, 0.6) is 0 Å². The smallest absolute Gasteiger partial charge is 0.287 e. The van der Waals surface area contributed by atoms with Gasteiger partial charge in [-0.1, -0.05) is 17.7 Å². The van der Waals surface area contributed by atoms with Crippen LogP contribution < -0.4 is 32.4 Å². The van der Waals surface area contributed by atoms with Crippen molar-refractivity contribution in [2.45, 2.75) is 18.7 Å². The molecule has 155 valence electrons. The second kappa shape index (κ2) is 10.1. The molecular formula is C20H18N4NaO5S. The van der Waals surface area contributed by atoms with E-state index in [2.05, 4.69) is 21.1 Å². The van der Waals surface area contributed by atoms with Crippen molar-refractivity contribution in [3.05, 3.63) is 96.9 Å². The van der Waals surface area contributed by atoms with E-state index in [-0.39, 0.29) is 45.2 Å². The van der Waals surface area contributed by atoms with Crippen LogP contribution >= 0.6 is 0 Å². The third kappa shape index (κ3) is 6.18. The summed E-state index contributed by atoms with van der Waals surface area (Å²) >= 11 is 0. The van der Waals surface area contributed by atoms with Crippen molar-refractivity contribution in [1.29, 1.82) is 0 Å². The van der Waals surface area contributed by atoms with Crippen LogP contribution in [0.2, 0.25) is 0 Å². The summed E-state index contributed by atoms with van der Waals surface area (Å²) in [5, 5.41) is 7.56. The molecule has 9 nitrogen and oxygen atoms in total. The van der Waals surface area contributed by atoms with Gasteiger partial charge in [0.25, 0.3) is 10.1 Å². The first-order valence-corrected chi connectivity index (χ1v) is 10.2. The molecule has 3 N–H and O–H groups in total. The van der Waals surface area contributed by atoms with E-state index in [4.69, 9.17) is 4.55 Å². The summed E-state index contributed by atoms with van der Waals surface area (Å²) < 4.78 is 31.1. The molecule has 0 aliphatic carbocycles. The van der Waals surface area contributed by atoms with Crippen molar-refractivity contribution in [2.24, 2.45) is 10.2 Å². The van der Waals surface area contributed by atoms with E-state index in [1.165, 1.54) is 36.4 Å². The molecule has 0 saturated carbocycles. The van der Waals surface area contributed by atoms with Crippen molar-refractivity contribution < 1.29 is 13.0 Å². The Morgan fingerprint density at radius 2 is 1.55 bits per heavy atom. The van der Waals surface area contributed by atoms with Crippen molar-refractivity contribution >= 4 is 51.1 Å². The molecular weight excluding hydrogens is 431 g/mol. The second-order valence-corrected chi connectivity index (χ2v) is 7.95. The van der Waals surface area contributed by atoms with E-state index in [1.807, 2.05) is 26.0 Å². The average molecular weight is 449 g/mol. The van der Waals surface area contributed by atoms with Gasteiger partial charge in [-0.2, -0.15) is 18.6 Å². The van der Waals surface area contributed by atoms with Crippen LogP contribution in [-0.4, -0.2) is 42.5 Å². The van der Waals surface area contributed by atoms with E-state index >= 15 is 0 Å². The van der Waals surface area contributed by atoms with Crippen molar-refractivity contribution in [1.82, 2.24) is 0 Å². The van der Waals surface area contributed by atoms with E-state index in [0.29, 0.717) is 11.4 Å². The molecule has 11 heteroatoms. The van der Waals surface area contributed by atoms with Gasteiger partial charge in [-0.15, -0.1) is 0 Å². The Morgan fingerprint density at radius 3 is 2.16 bits per heavy atom. The number of hydrogen-bond acceptors (Lipinski definition) is 8. The van der Waals surface area contributed by atoms with Crippen LogP contribution in [0.1, 0.15) is 11.1 Å². The fourth-order valence-electron chi connectivity index (χ4n) is 2.62. The van der Waals surface area contributed by atoms with Crippen LogP contribution in [0.3, 0.4) is 0 Å². The van der Waals surface area contributed by atoms with E-state index < -0.39 is 21.0 Å². The SMILES string of the molecule is Cc1ccc(N/N=c2\c(=O)cc/c(=N\Nc3ccc(S(=O)(=O)O)cc3)c2=O)c(C)c1.[Na]. The zero-order chi connectivity index (χ0) is 21.9. The molecule has 0 spiro atoms. The number of rotatable bonds is 5. The number of nitrogens with zero attached hydrogens (tertiary/aromatic N) is 2. The zero-order valence-corrected chi connectivity index (χ0v) is 19.9. The summed E-state index contributed by atoms with van der Waals surface area (Å²) in [7, 11) is -4.30. The van der Waals surface area contributed by atoms with Gasteiger partial charge in [0.2, 0.25) is 10.9 Å². The first-order valence-electron chi connectivity index (χ1n) is 8.74. The Kier molecular flexibility index (Phi) is 8.04. The second-order valence-electron chi connectivity index (χ2n) is 6.53. The van der Waals surface area contributed by atoms with Crippen LogP contribution in [0.4, 0.5) is 11.4 Å². The first kappa shape index (κ1) is 24.6. The van der Waals surface area contributed by atoms with E-state index in [0.717, 1.165) is 11.1 Å². The molecule has 1 radical (unpaired) electrons. The Hall–Kier alpha value is -2.63. The van der Waals surface area contributed by atoms with Crippen LogP contribution in [0.25, 0.3) is 0 Å². The maximum Gasteiger partial charge on any atom is 0.294 e. The van der Waals surface area contributed by atoms with E-state index in [1.54, 1.807) is 6.07 Å². The zero-order valence-electron chi connectivity index (χ0n) is 17.1. The number of benzene rings is 3. The van der Waals surface area contributed by atoms with Gasteiger partial charge in [0.05, 0.1) is 16.3 Å². The molecule has 0 heterocycles. The van der Waals surface area contributed by atoms with Gasteiger partial charge in [-0.25, -0.2) is 0 Å².